The van der Waals surface area contributed by atoms with Crippen LogP contribution in [0.25, 0.3) is 0 Å². The number of nitrogens with zero attached hydrogens (tertiary/aromatic N) is 1. The third-order valence-electron chi connectivity index (χ3n) is 11.2. The summed E-state index contributed by atoms with van der Waals surface area (Å²) < 4.78 is 6.80. The SMILES string of the molecule is CCCCCCCCC(CCCCCCCC)OC(CCCCCCCN(CCO)CCCC)=C1CC1.CCCCCCCCCCCCCC(C)=O. The Hall–Kier alpha value is -0.870. The largest absolute Gasteiger partial charge is 0.495 e. The molecule has 0 aromatic carbocycles. The molecule has 0 aromatic heterocycles. The molecule has 0 bridgehead atoms. The average Bonchev–Trinajstić information content (AvgIpc) is 4.00. The maximum atomic E-state index is 10.7. The van der Waals surface area contributed by atoms with Gasteiger partial charge in [0.1, 0.15) is 5.78 Å². The van der Waals surface area contributed by atoms with Crippen molar-refractivity contribution < 1.29 is 14.6 Å². The van der Waals surface area contributed by atoms with Crippen LogP contribution in [0, 0.1) is 0 Å². The number of hydrogen-bond donors (Lipinski definition) is 1. The van der Waals surface area contributed by atoms with Gasteiger partial charge >= 0.3 is 0 Å². The highest BCUT2D eigenvalue weighted by Crippen LogP contribution is 2.36. The second-order valence-corrected chi connectivity index (χ2v) is 16.8. The Morgan fingerprint density at radius 2 is 0.887 bits per heavy atom. The zero-order valence-corrected chi connectivity index (χ0v) is 37.1. The van der Waals surface area contributed by atoms with E-state index in [4.69, 9.17) is 4.74 Å². The van der Waals surface area contributed by atoms with Gasteiger partial charge in [0.05, 0.1) is 18.5 Å². The first-order chi connectivity index (χ1) is 26.0. The standard InChI is InChI=1S/C34H67NO2.C15H30O/c1-4-7-10-12-15-19-23-33(24-20-16-13-11-8-5-2)37-34(32-26-27-32)25-21-17-14-18-22-29-35(30-31-36)28-9-6-3;1-3-4-5-6-7-8-9-10-11-12-13-14-15(2)16/h33,36H,4-31H2,1-3H3;3-14H2,1-2H3. The number of carbonyl (C=O) groups excluding carboxylic acids is 1. The Balaban J connectivity index is 0.00000141. The van der Waals surface area contributed by atoms with Crippen LogP contribution in [0.15, 0.2) is 11.3 Å². The van der Waals surface area contributed by atoms with Crippen LogP contribution in [0.5, 0.6) is 0 Å². The second kappa shape index (κ2) is 42.3. The van der Waals surface area contributed by atoms with Crippen molar-refractivity contribution in [2.45, 2.75) is 272 Å². The van der Waals surface area contributed by atoms with E-state index in [9.17, 15) is 9.90 Å². The molecule has 0 heterocycles. The smallest absolute Gasteiger partial charge is 0.129 e. The summed E-state index contributed by atoms with van der Waals surface area (Å²) in [6.07, 6.45) is 48.0. The average molecular weight is 748 g/mol. The van der Waals surface area contributed by atoms with Crippen molar-refractivity contribution in [2.75, 3.05) is 26.2 Å². The van der Waals surface area contributed by atoms with E-state index in [1.807, 2.05) is 0 Å². The molecule has 1 aliphatic carbocycles. The molecule has 1 saturated carbocycles. The van der Waals surface area contributed by atoms with Gasteiger partial charge in [0.2, 0.25) is 0 Å². The van der Waals surface area contributed by atoms with Gasteiger partial charge < -0.3 is 19.5 Å². The minimum absolute atomic E-state index is 0.292. The number of aliphatic hydroxyl groups excluding tert-OH is 1. The van der Waals surface area contributed by atoms with Crippen LogP contribution in [0.3, 0.4) is 0 Å². The van der Waals surface area contributed by atoms with Crippen molar-refractivity contribution >= 4 is 5.78 Å². The van der Waals surface area contributed by atoms with E-state index in [0.29, 0.717) is 18.5 Å². The first kappa shape index (κ1) is 52.1. The van der Waals surface area contributed by atoms with Crippen molar-refractivity contribution in [1.82, 2.24) is 4.90 Å². The van der Waals surface area contributed by atoms with Gasteiger partial charge in [-0.3, -0.25) is 0 Å². The second-order valence-electron chi connectivity index (χ2n) is 16.8. The minimum atomic E-state index is 0.292. The van der Waals surface area contributed by atoms with Crippen molar-refractivity contribution in [3.63, 3.8) is 0 Å². The van der Waals surface area contributed by atoms with Gasteiger partial charge in [-0.05, 0) is 89.8 Å². The van der Waals surface area contributed by atoms with Gasteiger partial charge in [0.25, 0.3) is 0 Å². The Kier molecular flexibility index (Phi) is 41.6. The zero-order valence-electron chi connectivity index (χ0n) is 37.1. The number of hydrogen-bond acceptors (Lipinski definition) is 4. The maximum absolute atomic E-state index is 10.7. The van der Waals surface area contributed by atoms with E-state index in [0.717, 1.165) is 32.5 Å². The van der Waals surface area contributed by atoms with Crippen molar-refractivity contribution in [1.29, 1.82) is 0 Å². The fourth-order valence-corrected chi connectivity index (χ4v) is 7.48. The quantitative estimate of drug-likeness (QED) is 0.0500. The molecule has 0 unspecified atom stereocenters. The lowest BCUT2D eigenvalue weighted by molar-refractivity contribution is -0.117. The first-order valence-corrected chi connectivity index (χ1v) is 24.2. The summed E-state index contributed by atoms with van der Waals surface area (Å²) in [5, 5.41) is 9.30. The van der Waals surface area contributed by atoms with Crippen LogP contribution in [0.2, 0.25) is 0 Å². The van der Waals surface area contributed by atoms with Crippen molar-refractivity contribution in [3.05, 3.63) is 11.3 Å². The third-order valence-corrected chi connectivity index (χ3v) is 11.2. The number of unbranched alkanes of at least 4 members (excludes halogenated alkanes) is 25. The number of ketones is 1. The number of allylic oxidation sites excluding steroid dienone is 2. The Bertz CT molecular complexity index is 758. The highest BCUT2D eigenvalue weighted by atomic mass is 16.5. The van der Waals surface area contributed by atoms with Crippen LogP contribution in [-0.4, -0.2) is 48.1 Å². The predicted molar refractivity (Wildman–Crippen MR) is 235 cm³/mol. The Morgan fingerprint density at radius 1 is 0.509 bits per heavy atom. The number of ether oxygens (including phenoxy) is 1. The van der Waals surface area contributed by atoms with Gasteiger partial charge in [-0.2, -0.15) is 0 Å². The summed E-state index contributed by atoms with van der Waals surface area (Å²) in [6, 6.07) is 0. The highest BCUT2D eigenvalue weighted by molar-refractivity contribution is 5.75. The maximum Gasteiger partial charge on any atom is 0.129 e. The van der Waals surface area contributed by atoms with Gasteiger partial charge in [-0.15, -0.1) is 0 Å². The molecular formula is C49H97NO3. The number of Topliss-reactive ketones (excluding diaryl/α,β-unsaturated/α-hetero) is 1. The summed E-state index contributed by atoms with van der Waals surface area (Å²) >= 11 is 0. The number of rotatable bonds is 41. The van der Waals surface area contributed by atoms with Crippen molar-refractivity contribution in [3.8, 4) is 0 Å². The molecule has 4 nitrogen and oxygen atoms in total. The van der Waals surface area contributed by atoms with Gasteiger partial charge in [0.15, 0.2) is 0 Å². The molecule has 0 amide bonds. The molecule has 0 aliphatic heterocycles. The molecule has 4 heteroatoms. The van der Waals surface area contributed by atoms with E-state index in [1.165, 1.54) is 224 Å². The first-order valence-electron chi connectivity index (χ1n) is 24.2. The van der Waals surface area contributed by atoms with E-state index >= 15 is 0 Å². The summed E-state index contributed by atoms with van der Waals surface area (Å²) in [5.74, 6) is 1.74. The Morgan fingerprint density at radius 3 is 1.30 bits per heavy atom. The van der Waals surface area contributed by atoms with Crippen LogP contribution < -0.4 is 0 Å². The lowest BCUT2D eigenvalue weighted by Gasteiger charge is -2.22. The van der Waals surface area contributed by atoms with E-state index < -0.39 is 0 Å². The molecule has 1 N–H and O–H groups in total. The molecule has 1 fully saturated rings. The topological polar surface area (TPSA) is 49.8 Å². The highest BCUT2D eigenvalue weighted by Gasteiger charge is 2.22. The molecule has 0 spiro atoms. The lowest BCUT2D eigenvalue weighted by atomic mass is 10.0. The lowest BCUT2D eigenvalue weighted by Crippen LogP contribution is -2.29. The summed E-state index contributed by atoms with van der Waals surface area (Å²) in [4.78, 5) is 13.1. The summed E-state index contributed by atoms with van der Waals surface area (Å²) in [5.41, 5.74) is 1.63. The van der Waals surface area contributed by atoms with E-state index in [2.05, 4.69) is 32.6 Å². The van der Waals surface area contributed by atoms with Crippen LogP contribution in [0.4, 0.5) is 0 Å². The molecule has 1 aliphatic rings. The third kappa shape index (κ3) is 39.2. The van der Waals surface area contributed by atoms with Gasteiger partial charge in [-0.1, -0.05) is 182 Å². The molecule has 1 rings (SSSR count). The molecule has 0 radical (unpaired) electrons. The molecule has 53 heavy (non-hydrogen) atoms. The monoisotopic (exact) mass is 748 g/mol. The van der Waals surface area contributed by atoms with Crippen LogP contribution in [-0.2, 0) is 9.53 Å². The molecule has 0 aromatic rings. The van der Waals surface area contributed by atoms with Crippen molar-refractivity contribution in [2.24, 2.45) is 0 Å². The van der Waals surface area contributed by atoms with E-state index in [1.54, 1.807) is 12.5 Å². The number of carbonyl (C=O) groups is 1. The zero-order chi connectivity index (χ0) is 38.9. The molecular weight excluding hydrogens is 651 g/mol. The van der Waals surface area contributed by atoms with Gasteiger partial charge in [0, 0.05) is 19.4 Å². The van der Waals surface area contributed by atoms with Crippen LogP contribution >= 0.6 is 0 Å². The fraction of sp³-hybridized carbons (Fsp3) is 0.939. The Labute approximate surface area is 333 Å². The summed E-state index contributed by atoms with van der Waals surface area (Å²) in [6.45, 7) is 14.2. The fourth-order valence-electron chi connectivity index (χ4n) is 7.48. The molecule has 0 atom stereocenters. The van der Waals surface area contributed by atoms with Gasteiger partial charge in [-0.25, -0.2) is 0 Å². The normalized spacial score (nSPS) is 12.4. The number of aliphatic hydroxyl groups is 1. The minimum Gasteiger partial charge on any atom is -0.495 e. The van der Waals surface area contributed by atoms with Crippen LogP contribution in [0.1, 0.15) is 266 Å². The molecule has 316 valence electrons. The predicted octanol–water partition coefficient (Wildman–Crippen LogP) is 15.6. The molecule has 0 saturated heterocycles. The van der Waals surface area contributed by atoms with E-state index in [-0.39, 0.29) is 0 Å². The summed E-state index contributed by atoms with van der Waals surface area (Å²) in [7, 11) is 0.